The molecule has 0 bridgehead atoms. The van der Waals surface area contributed by atoms with Crippen LogP contribution in [-0.4, -0.2) is 24.1 Å². The molecule has 1 N–H and O–H groups in total. The van der Waals surface area contributed by atoms with Gasteiger partial charge in [-0.25, -0.2) is 13.8 Å². The van der Waals surface area contributed by atoms with Crippen LogP contribution in [0.25, 0.3) is 0 Å². The number of pyridine rings is 1. The average Bonchev–Trinajstić information content (AvgIpc) is 2.86. The first-order chi connectivity index (χ1) is 9.70. The van der Waals surface area contributed by atoms with Crippen LogP contribution in [0.3, 0.4) is 0 Å². The summed E-state index contributed by atoms with van der Waals surface area (Å²) < 4.78 is 27.8. The van der Waals surface area contributed by atoms with E-state index in [0.29, 0.717) is 24.3 Å². The number of rotatable bonds is 3. The maximum absolute atomic E-state index is 14.1. The molecule has 2 aliphatic rings. The zero-order valence-electron chi connectivity index (χ0n) is 11.8. The lowest BCUT2D eigenvalue weighted by Crippen LogP contribution is -2.36. The molecule has 3 nitrogen and oxygen atoms in total. The van der Waals surface area contributed by atoms with Gasteiger partial charge in [0.1, 0.15) is 0 Å². The molecule has 1 aromatic rings. The quantitative estimate of drug-likeness (QED) is 0.918. The van der Waals surface area contributed by atoms with Crippen LogP contribution in [0.1, 0.15) is 39.0 Å². The van der Waals surface area contributed by atoms with E-state index in [-0.39, 0.29) is 5.82 Å². The molecule has 0 amide bonds. The molecule has 0 radical (unpaired) electrons. The van der Waals surface area contributed by atoms with Gasteiger partial charge in [-0.2, -0.15) is 0 Å². The van der Waals surface area contributed by atoms with Crippen LogP contribution in [0.4, 0.5) is 20.4 Å². The van der Waals surface area contributed by atoms with Gasteiger partial charge in [0.15, 0.2) is 23.3 Å². The Morgan fingerprint density at radius 2 is 2.05 bits per heavy atom. The first-order valence-corrected chi connectivity index (χ1v) is 7.57. The molecule has 0 aromatic carbocycles. The van der Waals surface area contributed by atoms with Gasteiger partial charge in [-0.05, 0) is 32.1 Å². The van der Waals surface area contributed by atoms with Crippen molar-refractivity contribution in [3.05, 3.63) is 17.7 Å². The molecule has 2 fully saturated rings. The zero-order valence-corrected chi connectivity index (χ0v) is 11.8. The van der Waals surface area contributed by atoms with E-state index in [1.807, 2.05) is 6.92 Å². The average molecular weight is 281 g/mol. The normalized spacial score (nSPS) is 25.6. The molecular weight excluding hydrogens is 260 g/mol. The fraction of sp³-hybridized carbons (Fsp3) is 0.667. The first kappa shape index (κ1) is 13.6. The summed E-state index contributed by atoms with van der Waals surface area (Å²) in [5, 5.41) is 2.86. The third-order valence-corrected chi connectivity index (χ3v) is 4.54. The number of fused-ring (bicyclic) bond motifs is 1. The molecule has 0 spiro atoms. The summed E-state index contributed by atoms with van der Waals surface area (Å²) in [4.78, 5) is 6.25. The SMILES string of the molecule is CCNc1nc(N2CCC3CCCCC32)c(F)cc1F. The van der Waals surface area contributed by atoms with Crippen molar-refractivity contribution in [3.63, 3.8) is 0 Å². The fourth-order valence-electron chi connectivity index (χ4n) is 3.62. The number of nitrogens with one attached hydrogen (secondary N) is 1. The molecule has 3 rings (SSSR count). The van der Waals surface area contributed by atoms with Crippen molar-refractivity contribution in [1.82, 2.24) is 4.98 Å². The highest BCUT2D eigenvalue weighted by Gasteiger charge is 2.37. The van der Waals surface area contributed by atoms with Gasteiger partial charge in [-0.1, -0.05) is 12.8 Å². The van der Waals surface area contributed by atoms with E-state index in [0.717, 1.165) is 25.5 Å². The van der Waals surface area contributed by atoms with E-state index in [1.165, 1.54) is 19.3 Å². The van der Waals surface area contributed by atoms with Crippen LogP contribution in [0.15, 0.2) is 6.07 Å². The predicted octanol–water partition coefficient (Wildman–Crippen LogP) is 3.56. The molecule has 110 valence electrons. The molecule has 1 saturated heterocycles. The summed E-state index contributed by atoms with van der Waals surface area (Å²) in [6.45, 7) is 3.27. The van der Waals surface area contributed by atoms with Crippen LogP contribution in [0, 0.1) is 17.6 Å². The summed E-state index contributed by atoms with van der Waals surface area (Å²) in [7, 11) is 0. The molecule has 2 heterocycles. The van der Waals surface area contributed by atoms with E-state index in [1.54, 1.807) is 0 Å². The van der Waals surface area contributed by atoms with E-state index >= 15 is 0 Å². The number of aromatic nitrogens is 1. The van der Waals surface area contributed by atoms with Gasteiger partial charge in [-0.3, -0.25) is 0 Å². The van der Waals surface area contributed by atoms with E-state index in [2.05, 4.69) is 15.2 Å². The Morgan fingerprint density at radius 1 is 1.25 bits per heavy atom. The number of nitrogens with zero attached hydrogens (tertiary/aromatic N) is 2. The summed E-state index contributed by atoms with van der Waals surface area (Å²) in [5.74, 6) is -0.0413. The summed E-state index contributed by atoms with van der Waals surface area (Å²) >= 11 is 0. The van der Waals surface area contributed by atoms with Gasteiger partial charge in [0, 0.05) is 25.2 Å². The molecule has 1 aliphatic heterocycles. The molecular formula is C15H21F2N3. The van der Waals surface area contributed by atoms with Crippen molar-refractivity contribution >= 4 is 11.6 Å². The van der Waals surface area contributed by atoms with E-state index in [9.17, 15) is 8.78 Å². The third kappa shape index (κ3) is 2.34. The van der Waals surface area contributed by atoms with Gasteiger partial charge >= 0.3 is 0 Å². The van der Waals surface area contributed by atoms with Crippen LogP contribution in [0.2, 0.25) is 0 Å². The number of hydrogen-bond donors (Lipinski definition) is 1. The Bertz CT molecular complexity index is 492. The van der Waals surface area contributed by atoms with Gasteiger partial charge in [0.25, 0.3) is 0 Å². The number of anilines is 2. The van der Waals surface area contributed by atoms with E-state index < -0.39 is 11.6 Å². The van der Waals surface area contributed by atoms with Crippen LogP contribution < -0.4 is 10.2 Å². The third-order valence-electron chi connectivity index (χ3n) is 4.54. The van der Waals surface area contributed by atoms with Crippen molar-refractivity contribution in [1.29, 1.82) is 0 Å². The fourth-order valence-corrected chi connectivity index (χ4v) is 3.62. The maximum Gasteiger partial charge on any atom is 0.168 e. The Morgan fingerprint density at radius 3 is 2.85 bits per heavy atom. The second-order valence-electron chi connectivity index (χ2n) is 5.75. The molecule has 5 heteroatoms. The predicted molar refractivity (Wildman–Crippen MR) is 76.0 cm³/mol. The number of halogens is 2. The highest BCUT2D eigenvalue weighted by Crippen LogP contribution is 2.39. The standard InChI is InChI=1S/C15H21F2N3/c1-2-18-14-11(16)9-12(17)15(19-14)20-8-7-10-5-3-4-6-13(10)20/h9-10,13H,2-8H2,1H3,(H,18,19). The van der Waals surface area contributed by atoms with Crippen molar-refractivity contribution in [2.24, 2.45) is 5.92 Å². The second-order valence-corrected chi connectivity index (χ2v) is 5.75. The van der Waals surface area contributed by atoms with Gasteiger partial charge in [0.05, 0.1) is 0 Å². The maximum atomic E-state index is 14.1. The van der Waals surface area contributed by atoms with Crippen LogP contribution >= 0.6 is 0 Å². The molecule has 1 saturated carbocycles. The van der Waals surface area contributed by atoms with Crippen LogP contribution in [0.5, 0.6) is 0 Å². The highest BCUT2D eigenvalue weighted by molar-refractivity contribution is 5.51. The van der Waals surface area contributed by atoms with Gasteiger partial charge < -0.3 is 10.2 Å². The Hall–Kier alpha value is -1.39. The highest BCUT2D eigenvalue weighted by atomic mass is 19.1. The lowest BCUT2D eigenvalue weighted by Gasteiger charge is -2.32. The second kappa shape index (κ2) is 5.54. The Labute approximate surface area is 118 Å². The zero-order chi connectivity index (χ0) is 14.1. The van der Waals surface area contributed by atoms with E-state index in [4.69, 9.17) is 0 Å². The topological polar surface area (TPSA) is 28.2 Å². The lowest BCUT2D eigenvalue weighted by atomic mass is 9.85. The first-order valence-electron chi connectivity index (χ1n) is 7.57. The minimum Gasteiger partial charge on any atom is -0.368 e. The van der Waals surface area contributed by atoms with Gasteiger partial charge in [-0.15, -0.1) is 0 Å². The molecule has 2 atom stereocenters. The summed E-state index contributed by atoms with van der Waals surface area (Å²) in [5.41, 5.74) is 0. The monoisotopic (exact) mass is 281 g/mol. The molecule has 20 heavy (non-hydrogen) atoms. The largest absolute Gasteiger partial charge is 0.368 e. The molecule has 1 aromatic heterocycles. The van der Waals surface area contributed by atoms with Crippen molar-refractivity contribution in [2.45, 2.75) is 45.1 Å². The minimum absolute atomic E-state index is 0.156. The number of hydrogen-bond acceptors (Lipinski definition) is 3. The van der Waals surface area contributed by atoms with Crippen molar-refractivity contribution in [2.75, 3.05) is 23.3 Å². The van der Waals surface area contributed by atoms with Crippen molar-refractivity contribution < 1.29 is 8.78 Å². The Balaban J connectivity index is 1.91. The van der Waals surface area contributed by atoms with Crippen LogP contribution in [-0.2, 0) is 0 Å². The molecule has 2 unspecified atom stereocenters. The lowest BCUT2D eigenvalue weighted by molar-refractivity contribution is 0.340. The summed E-state index contributed by atoms with van der Waals surface area (Å²) in [6.07, 6.45) is 5.89. The summed E-state index contributed by atoms with van der Waals surface area (Å²) in [6, 6.07) is 1.34. The smallest absolute Gasteiger partial charge is 0.168 e. The minimum atomic E-state index is -0.618. The Kier molecular flexibility index (Phi) is 3.76. The van der Waals surface area contributed by atoms with Crippen molar-refractivity contribution in [3.8, 4) is 0 Å². The molecule has 1 aliphatic carbocycles. The van der Waals surface area contributed by atoms with Gasteiger partial charge in [0.2, 0.25) is 0 Å².